The van der Waals surface area contributed by atoms with Gasteiger partial charge in [-0.2, -0.15) is 0 Å². The molecule has 0 heterocycles. The Kier molecular flexibility index (Phi) is 7.65. The van der Waals surface area contributed by atoms with E-state index in [1.165, 1.54) is 12.1 Å². The zero-order valence-corrected chi connectivity index (χ0v) is 14.9. The summed E-state index contributed by atoms with van der Waals surface area (Å²) < 4.78 is 13.4. The minimum absolute atomic E-state index is 0.00623. The van der Waals surface area contributed by atoms with E-state index in [9.17, 15) is 14.0 Å². The number of unbranched alkanes of at least 4 members (excludes halogenated alkanes) is 1. The van der Waals surface area contributed by atoms with Crippen LogP contribution in [-0.4, -0.2) is 24.4 Å². The van der Waals surface area contributed by atoms with Gasteiger partial charge < -0.3 is 16.4 Å². The first-order chi connectivity index (χ1) is 12.0. The summed E-state index contributed by atoms with van der Waals surface area (Å²) in [5, 5.41) is 5.20. The first-order valence-corrected chi connectivity index (χ1v) is 9.16. The second-order valence-corrected chi connectivity index (χ2v) is 6.90. The van der Waals surface area contributed by atoms with Crippen molar-refractivity contribution in [3.05, 3.63) is 29.0 Å². The Morgan fingerprint density at radius 1 is 1.20 bits per heavy atom. The van der Waals surface area contributed by atoms with Crippen molar-refractivity contribution in [2.24, 2.45) is 11.7 Å². The van der Waals surface area contributed by atoms with E-state index >= 15 is 0 Å². The molecule has 0 aromatic heterocycles. The number of rotatable bonds is 6. The first-order valence-electron chi connectivity index (χ1n) is 8.78. The van der Waals surface area contributed by atoms with Gasteiger partial charge in [0, 0.05) is 11.7 Å². The molecule has 0 aliphatic heterocycles. The Balaban J connectivity index is 1.89. The minimum Gasteiger partial charge on any atom is -0.345 e. The van der Waals surface area contributed by atoms with Crippen molar-refractivity contribution < 1.29 is 14.0 Å². The van der Waals surface area contributed by atoms with Crippen LogP contribution >= 0.6 is 11.6 Å². The largest absolute Gasteiger partial charge is 0.345 e. The van der Waals surface area contributed by atoms with E-state index in [4.69, 9.17) is 17.3 Å². The second kappa shape index (κ2) is 9.73. The van der Waals surface area contributed by atoms with Crippen LogP contribution in [0.4, 0.5) is 10.1 Å². The van der Waals surface area contributed by atoms with Crippen LogP contribution in [-0.2, 0) is 9.59 Å². The standard InChI is InChI=1S/C18H25ClFN3O2/c19-14-9-8-13(11-15(14)20)22-17(24)18(25)23-16-7-2-1-5-12(16)6-3-4-10-21/h8-9,11-12,16H,1-7,10,21H2,(H,22,24)(H,23,25). The smallest absolute Gasteiger partial charge is 0.313 e. The molecule has 2 amide bonds. The van der Waals surface area contributed by atoms with Crippen LogP contribution in [0.1, 0.15) is 44.9 Å². The Bertz CT molecular complexity index is 612. The average molecular weight is 370 g/mol. The van der Waals surface area contributed by atoms with Crippen molar-refractivity contribution in [3.8, 4) is 0 Å². The molecule has 138 valence electrons. The summed E-state index contributed by atoms with van der Waals surface area (Å²) in [5.74, 6) is -1.75. The lowest BCUT2D eigenvalue weighted by atomic mass is 9.81. The maximum atomic E-state index is 13.4. The Morgan fingerprint density at radius 2 is 1.96 bits per heavy atom. The quantitative estimate of drug-likeness (QED) is 0.531. The van der Waals surface area contributed by atoms with Crippen molar-refractivity contribution in [2.45, 2.75) is 51.0 Å². The molecule has 25 heavy (non-hydrogen) atoms. The molecule has 4 N–H and O–H groups in total. The Labute approximate surface area is 152 Å². The van der Waals surface area contributed by atoms with Gasteiger partial charge >= 0.3 is 11.8 Å². The molecule has 1 aliphatic carbocycles. The number of benzene rings is 1. The Morgan fingerprint density at radius 3 is 2.68 bits per heavy atom. The highest BCUT2D eigenvalue weighted by molar-refractivity contribution is 6.39. The van der Waals surface area contributed by atoms with Gasteiger partial charge in [-0.1, -0.05) is 30.9 Å². The summed E-state index contributed by atoms with van der Waals surface area (Å²) in [5.41, 5.74) is 5.73. The van der Waals surface area contributed by atoms with E-state index in [0.29, 0.717) is 12.5 Å². The SMILES string of the molecule is NCCCCC1CCCCC1NC(=O)C(=O)Nc1ccc(Cl)c(F)c1. The van der Waals surface area contributed by atoms with Gasteiger partial charge in [0.2, 0.25) is 0 Å². The van der Waals surface area contributed by atoms with Gasteiger partial charge in [0.1, 0.15) is 5.82 Å². The van der Waals surface area contributed by atoms with Gasteiger partial charge in [-0.25, -0.2) is 4.39 Å². The summed E-state index contributed by atoms with van der Waals surface area (Å²) in [6.07, 6.45) is 7.13. The van der Waals surface area contributed by atoms with Crippen molar-refractivity contribution in [3.63, 3.8) is 0 Å². The van der Waals surface area contributed by atoms with E-state index in [0.717, 1.165) is 51.0 Å². The van der Waals surface area contributed by atoms with Gasteiger partial charge in [-0.05, 0) is 56.3 Å². The molecule has 1 aromatic carbocycles. The zero-order valence-electron chi connectivity index (χ0n) is 14.2. The molecule has 7 heteroatoms. The molecule has 1 aromatic rings. The van der Waals surface area contributed by atoms with Gasteiger partial charge in [-0.15, -0.1) is 0 Å². The number of nitrogens with one attached hydrogen (secondary N) is 2. The van der Waals surface area contributed by atoms with Gasteiger partial charge in [0.15, 0.2) is 0 Å². The van der Waals surface area contributed by atoms with E-state index in [-0.39, 0.29) is 16.8 Å². The lowest BCUT2D eigenvalue weighted by molar-refractivity contribution is -0.137. The molecule has 0 radical (unpaired) electrons. The third-order valence-corrected chi connectivity index (χ3v) is 4.94. The number of nitrogens with two attached hydrogens (primary N) is 1. The van der Waals surface area contributed by atoms with Crippen molar-refractivity contribution in [2.75, 3.05) is 11.9 Å². The number of anilines is 1. The fourth-order valence-electron chi connectivity index (χ4n) is 3.29. The molecule has 2 unspecified atom stereocenters. The molecule has 1 saturated carbocycles. The average Bonchev–Trinajstić information content (AvgIpc) is 2.59. The van der Waals surface area contributed by atoms with E-state index in [1.54, 1.807) is 0 Å². The van der Waals surface area contributed by atoms with Crippen LogP contribution in [0.25, 0.3) is 0 Å². The number of hydrogen-bond acceptors (Lipinski definition) is 3. The molecule has 2 rings (SSSR count). The highest BCUT2D eigenvalue weighted by atomic mass is 35.5. The predicted molar refractivity (Wildman–Crippen MR) is 96.8 cm³/mol. The normalized spacial score (nSPS) is 20.1. The third-order valence-electron chi connectivity index (χ3n) is 4.64. The van der Waals surface area contributed by atoms with E-state index in [1.807, 2.05) is 0 Å². The summed E-state index contributed by atoms with van der Waals surface area (Å²) >= 11 is 5.60. The lowest BCUT2D eigenvalue weighted by Gasteiger charge is -2.32. The number of hydrogen-bond donors (Lipinski definition) is 3. The number of carbonyl (C=O) groups excluding carboxylic acids is 2. The van der Waals surface area contributed by atoms with E-state index in [2.05, 4.69) is 10.6 Å². The van der Waals surface area contributed by atoms with Gasteiger partial charge in [-0.3, -0.25) is 9.59 Å². The maximum Gasteiger partial charge on any atom is 0.313 e. The molecular weight excluding hydrogens is 345 g/mol. The number of carbonyl (C=O) groups is 2. The van der Waals surface area contributed by atoms with Gasteiger partial charge in [0.05, 0.1) is 5.02 Å². The topological polar surface area (TPSA) is 84.2 Å². The van der Waals surface area contributed by atoms with Crippen LogP contribution < -0.4 is 16.4 Å². The Hall–Kier alpha value is -1.66. The van der Waals surface area contributed by atoms with Crippen molar-refractivity contribution >= 4 is 29.1 Å². The second-order valence-electron chi connectivity index (χ2n) is 6.49. The molecule has 1 fully saturated rings. The molecule has 2 atom stereocenters. The summed E-state index contributed by atoms with van der Waals surface area (Å²) in [7, 11) is 0. The predicted octanol–water partition coefficient (Wildman–Crippen LogP) is 3.22. The molecule has 5 nitrogen and oxygen atoms in total. The monoisotopic (exact) mass is 369 g/mol. The molecular formula is C18H25ClFN3O2. The molecule has 1 aliphatic rings. The van der Waals surface area contributed by atoms with Crippen LogP contribution in [0.5, 0.6) is 0 Å². The molecule has 0 saturated heterocycles. The number of amides is 2. The highest BCUT2D eigenvalue weighted by Gasteiger charge is 2.28. The van der Waals surface area contributed by atoms with E-state index < -0.39 is 17.6 Å². The van der Waals surface area contributed by atoms with Crippen LogP contribution in [0.3, 0.4) is 0 Å². The number of halogens is 2. The summed E-state index contributed by atoms with van der Waals surface area (Å²) in [4.78, 5) is 24.2. The highest BCUT2D eigenvalue weighted by Crippen LogP contribution is 2.28. The molecule has 0 spiro atoms. The van der Waals surface area contributed by atoms with Crippen LogP contribution in [0.15, 0.2) is 18.2 Å². The van der Waals surface area contributed by atoms with Gasteiger partial charge in [0.25, 0.3) is 0 Å². The summed E-state index contributed by atoms with van der Waals surface area (Å²) in [6, 6.07) is 3.88. The molecule has 0 bridgehead atoms. The lowest BCUT2D eigenvalue weighted by Crippen LogP contribution is -2.46. The first kappa shape index (κ1) is 19.7. The van der Waals surface area contributed by atoms with Crippen molar-refractivity contribution in [1.82, 2.24) is 5.32 Å². The van der Waals surface area contributed by atoms with Crippen LogP contribution in [0, 0.1) is 11.7 Å². The summed E-state index contributed by atoms with van der Waals surface area (Å²) in [6.45, 7) is 0.670. The fraction of sp³-hybridized carbons (Fsp3) is 0.556. The fourth-order valence-corrected chi connectivity index (χ4v) is 3.41. The third kappa shape index (κ3) is 5.97. The minimum atomic E-state index is -0.798. The zero-order chi connectivity index (χ0) is 18.2. The van der Waals surface area contributed by atoms with Crippen molar-refractivity contribution in [1.29, 1.82) is 0 Å². The van der Waals surface area contributed by atoms with Crippen LogP contribution in [0.2, 0.25) is 5.02 Å². The maximum absolute atomic E-state index is 13.4.